The standard InChI is InChI=1S/C18H19F3N6O/c1-28-13-5-3-2-4-12(13)27-7-6-11(9-27)8-22-15-14-16(24-10-23-14)26-17(25-15)18(19,20)21/h2-5,10-11H,6-9H2,1H3,(H2,22,23,24,25,26)/t11-/m0/s1. The fraction of sp³-hybridized carbons (Fsp3) is 0.389. The van der Waals surface area contributed by atoms with Crippen LogP contribution < -0.4 is 15.0 Å². The van der Waals surface area contributed by atoms with E-state index in [9.17, 15) is 13.2 Å². The van der Waals surface area contributed by atoms with E-state index in [-0.39, 0.29) is 17.4 Å². The molecule has 10 heteroatoms. The van der Waals surface area contributed by atoms with E-state index in [0.717, 1.165) is 30.9 Å². The second kappa shape index (κ2) is 7.17. The van der Waals surface area contributed by atoms with Crippen LogP contribution >= 0.6 is 0 Å². The van der Waals surface area contributed by atoms with Crippen LogP contribution in [0.25, 0.3) is 11.2 Å². The molecule has 0 unspecified atom stereocenters. The molecular weight excluding hydrogens is 373 g/mol. The van der Waals surface area contributed by atoms with Crippen LogP contribution in [0.3, 0.4) is 0 Å². The zero-order chi connectivity index (χ0) is 19.7. The molecule has 1 atom stereocenters. The number of nitrogens with one attached hydrogen (secondary N) is 2. The van der Waals surface area contributed by atoms with Gasteiger partial charge >= 0.3 is 6.18 Å². The molecule has 0 saturated carbocycles. The molecule has 0 aliphatic carbocycles. The van der Waals surface area contributed by atoms with Crippen LogP contribution in [-0.2, 0) is 6.18 Å². The second-order valence-electron chi connectivity index (χ2n) is 6.65. The lowest BCUT2D eigenvalue weighted by atomic mass is 10.1. The molecule has 148 valence electrons. The third-order valence-corrected chi connectivity index (χ3v) is 4.81. The first-order valence-corrected chi connectivity index (χ1v) is 8.86. The van der Waals surface area contributed by atoms with Crippen molar-refractivity contribution in [2.75, 3.05) is 37.0 Å². The Morgan fingerprint density at radius 1 is 1.29 bits per heavy atom. The number of hydrogen-bond donors (Lipinski definition) is 2. The Hall–Kier alpha value is -3.04. The summed E-state index contributed by atoms with van der Waals surface area (Å²) in [7, 11) is 1.64. The highest BCUT2D eigenvalue weighted by atomic mass is 19.4. The van der Waals surface area contributed by atoms with Crippen molar-refractivity contribution in [2.45, 2.75) is 12.6 Å². The number of rotatable bonds is 5. The number of aromatic amines is 1. The van der Waals surface area contributed by atoms with Crippen molar-refractivity contribution in [3.8, 4) is 5.75 Å². The first-order valence-electron chi connectivity index (χ1n) is 8.86. The van der Waals surface area contributed by atoms with Crippen molar-refractivity contribution in [3.63, 3.8) is 0 Å². The molecule has 1 aliphatic rings. The number of para-hydroxylation sites is 2. The van der Waals surface area contributed by atoms with Gasteiger partial charge in [0.1, 0.15) is 11.3 Å². The zero-order valence-electron chi connectivity index (χ0n) is 15.1. The van der Waals surface area contributed by atoms with Gasteiger partial charge in [0.2, 0.25) is 5.82 Å². The molecule has 0 amide bonds. The Labute approximate surface area is 159 Å². The number of hydrogen-bond acceptors (Lipinski definition) is 6. The van der Waals surface area contributed by atoms with Crippen LogP contribution in [0.4, 0.5) is 24.7 Å². The van der Waals surface area contributed by atoms with Crippen molar-refractivity contribution < 1.29 is 17.9 Å². The third-order valence-electron chi connectivity index (χ3n) is 4.81. The summed E-state index contributed by atoms with van der Waals surface area (Å²) in [5.41, 5.74) is 1.38. The molecule has 3 aromatic rings. The van der Waals surface area contributed by atoms with Crippen LogP contribution in [-0.4, -0.2) is 46.7 Å². The van der Waals surface area contributed by atoms with E-state index in [0.29, 0.717) is 12.1 Å². The van der Waals surface area contributed by atoms with E-state index >= 15 is 0 Å². The second-order valence-corrected chi connectivity index (χ2v) is 6.65. The van der Waals surface area contributed by atoms with Gasteiger partial charge in [-0.1, -0.05) is 12.1 Å². The fourth-order valence-corrected chi connectivity index (χ4v) is 3.44. The summed E-state index contributed by atoms with van der Waals surface area (Å²) in [6.07, 6.45) is -2.41. The SMILES string of the molecule is COc1ccccc1N1CC[C@@H](CNc2nc(C(F)(F)F)nc3nc[nH]c23)C1. The number of halogens is 3. The number of alkyl halides is 3. The molecule has 1 fully saturated rings. The Kier molecular flexibility index (Phi) is 4.70. The molecule has 1 aliphatic heterocycles. The van der Waals surface area contributed by atoms with Crippen LogP contribution in [0.2, 0.25) is 0 Å². The highest BCUT2D eigenvalue weighted by molar-refractivity contribution is 5.82. The number of fused-ring (bicyclic) bond motifs is 1. The van der Waals surface area contributed by atoms with E-state index in [2.05, 4.69) is 30.2 Å². The van der Waals surface area contributed by atoms with Crippen molar-refractivity contribution in [3.05, 3.63) is 36.4 Å². The number of ether oxygens (including phenoxy) is 1. The smallest absolute Gasteiger partial charge is 0.451 e. The van der Waals surface area contributed by atoms with Gasteiger partial charge in [-0.05, 0) is 24.5 Å². The van der Waals surface area contributed by atoms with E-state index in [1.807, 2.05) is 24.3 Å². The summed E-state index contributed by atoms with van der Waals surface area (Å²) in [6, 6.07) is 7.79. The maximum Gasteiger partial charge on any atom is 0.451 e. The molecule has 2 aromatic heterocycles. The zero-order valence-corrected chi connectivity index (χ0v) is 15.1. The molecular formula is C18H19F3N6O. The van der Waals surface area contributed by atoms with Crippen LogP contribution in [0, 0.1) is 5.92 Å². The van der Waals surface area contributed by atoms with Gasteiger partial charge in [-0.25, -0.2) is 15.0 Å². The van der Waals surface area contributed by atoms with Gasteiger partial charge in [-0.2, -0.15) is 13.2 Å². The first kappa shape index (κ1) is 18.3. The highest BCUT2D eigenvalue weighted by Gasteiger charge is 2.36. The molecule has 0 bridgehead atoms. The normalized spacial score (nSPS) is 17.3. The molecule has 7 nitrogen and oxygen atoms in total. The summed E-state index contributed by atoms with van der Waals surface area (Å²) in [6.45, 7) is 2.12. The fourth-order valence-electron chi connectivity index (χ4n) is 3.44. The molecule has 1 aromatic carbocycles. The minimum atomic E-state index is -4.63. The number of nitrogens with zero attached hydrogens (tertiary/aromatic N) is 4. The minimum Gasteiger partial charge on any atom is -0.495 e. The molecule has 0 radical (unpaired) electrons. The van der Waals surface area contributed by atoms with Crippen molar-refractivity contribution >= 4 is 22.7 Å². The average Bonchev–Trinajstić information content (AvgIpc) is 3.34. The van der Waals surface area contributed by atoms with Gasteiger partial charge in [0, 0.05) is 19.6 Å². The molecule has 3 heterocycles. The van der Waals surface area contributed by atoms with Crippen molar-refractivity contribution in [1.82, 2.24) is 19.9 Å². The van der Waals surface area contributed by atoms with E-state index in [1.54, 1.807) is 7.11 Å². The average molecular weight is 392 g/mol. The number of aromatic nitrogens is 4. The highest BCUT2D eigenvalue weighted by Crippen LogP contribution is 2.33. The Balaban J connectivity index is 1.48. The van der Waals surface area contributed by atoms with Crippen LogP contribution in [0.1, 0.15) is 12.2 Å². The lowest BCUT2D eigenvalue weighted by molar-refractivity contribution is -0.144. The van der Waals surface area contributed by atoms with Gasteiger partial charge in [0.25, 0.3) is 0 Å². The first-order chi connectivity index (χ1) is 13.5. The summed E-state index contributed by atoms with van der Waals surface area (Å²) in [5, 5.41) is 3.05. The van der Waals surface area contributed by atoms with Gasteiger partial charge in [-0.3, -0.25) is 0 Å². The lowest BCUT2D eigenvalue weighted by Gasteiger charge is -2.21. The van der Waals surface area contributed by atoms with E-state index < -0.39 is 12.0 Å². The monoisotopic (exact) mass is 392 g/mol. The quantitative estimate of drug-likeness (QED) is 0.694. The number of methoxy groups -OCH3 is 1. The summed E-state index contributed by atoms with van der Waals surface area (Å²) in [5.74, 6) is -0.0182. The van der Waals surface area contributed by atoms with Crippen molar-refractivity contribution in [1.29, 1.82) is 0 Å². The Morgan fingerprint density at radius 2 is 2.11 bits per heavy atom. The summed E-state index contributed by atoms with van der Waals surface area (Å²) < 4.78 is 44.5. The van der Waals surface area contributed by atoms with Gasteiger partial charge < -0.3 is 19.9 Å². The molecule has 0 spiro atoms. The van der Waals surface area contributed by atoms with Gasteiger partial charge in [-0.15, -0.1) is 0 Å². The Bertz CT molecular complexity index is 973. The topological polar surface area (TPSA) is 79.0 Å². The maximum absolute atomic E-state index is 13.0. The number of anilines is 2. The molecule has 1 saturated heterocycles. The van der Waals surface area contributed by atoms with Crippen LogP contribution in [0.15, 0.2) is 30.6 Å². The lowest BCUT2D eigenvalue weighted by Crippen LogP contribution is -2.23. The van der Waals surface area contributed by atoms with Gasteiger partial charge in [0.15, 0.2) is 11.5 Å². The van der Waals surface area contributed by atoms with E-state index in [1.165, 1.54) is 6.33 Å². The number of imidazole rings is 1. The van der Waals surface area contributed by atoms with Crippen LogP contribution in [0.5, 0.6) is 5.75 Å². The number of benzene rings is 1. The molecule has 4 rings (SSSR count). The third kappa shape index (κ3) is 3.54. The molecule has 28 heavy (non-hydrogen) atoms. The maximum atomic E-state index is 13.0. The predicted molar refractivity (Wildman–Crippen MR) is 98.5 cm³/mol. The minimum absolute atomic E-state index is 0.00750. The summed E-state index contributed by atoms with van der Waals surface area (Å²) >= 11 is 0. The Morgan fingerprint density at radius 3 is 2.89 bits per heavy atom. The summed E-state index contributed by atoms with van der Waals surface area (Å²) in [4.78, 5) is 16.0. The van der Waals surface area contributed by atoms with Gasteiger partial charge in [0.05, 0.1) is 19.1 Å². The number of H-pyrrole nitrogens is 1. The van der Waals surface area contributed by atoms with Crippen molar-refractivity contribution in [2.24, 2.45) is 5.92 Å². The van der Waals surface area contributed by atoms with E-state index in [4.69, 9.17) is 4.74 Å². The largest absolute Gasteiger partial charge is 0.495 e. The predicted octanol–water partition coefficient (Wildman–Crippen LogP) is 3.32. The molecule has 2 N–H and O–H groups in total.